The van der Waals surface area contributed by atoms with Gasteiger partial charge in [-0.05, 0) is 62.4 Å². The second-order valence-electron chi connectivity index (χ2n) is 10.1. The van der Waals surface area contributed by atoms with Gasteiger partial charge >= 0.3 is 0 Å². The first-order valence-corrected chi connectivity index (χ1v) is 12.4. The molecule has 188 valence electrons. The van der Waals surface area contributed by atoms with Gasteiger partial charge in [0.25, 0.3) is 0 Å². The molecule has 4 aromatic rings. The lowest BCUT2D eigenvalue weighted by Gasteiger charge is -2.30. The Morgan fingerprint density at radius 3 is 2.81 bits per heavy atom. The van der Waals surface area contributed by atoms with Crippen LogP contribution < -0.4 is 10.5 Å². The number of nitrogen functional groups attached to an aromatic ring is 1. The average molecular weight is 490 g/mol. The van der Waals surface area contributed by atoms with E-state index in [0.717, 1.165) is 22.0 Å². The Kier molecular flexibility index (Phi) is 5.78. The molecule has 1 aliphatic carbocycles. The quantitative estimate of drug-likeness (QED) is 0.359. The summed E-state index contributed by atoms with van der Waals surface area (Å²) in [5.41, 5.74) is 9.01. The molecule has 36 heavy (non-hydrogen) atoms. The van der Waals surface area contributed by atoms with Gasteiger partial charge in [0.15, 0.2) is 12.0 Å². The number of rotatable bonds is 8. The van der Waals surface area contributed by atoms with E-state index in [1.54, 1.807) is 7.11 Å². The van der Waals surface area contributed by atoms with Crippen LogP contribution in [-0.4, -0.2) is 51.2 Å². The largest absolute Gasteiger partial charge is 0.491 e. The molecule has 4 heterocycles. The lowest BCUT2D eigenvalue weighted by Crippen LogP contribution is -2.35. The summed E-state index contributed by atoms with van der Waals surface area (Å²) in [6.07, 6.45) is 7.64. The monoisotopic (exact) mass is 489 g/mol. The predicted molar refractivity (Wildman–Crippen MR) is 136 cm³/mol. The molecule has 3 aromatic heterocycles. The Hall–Kier alpha value is -3.27. The minimum absolute atomic E-state index is 0.190. The smallest absolute Gasteiger partial charge is 0.162 e. The molecule has 6 rings (SSSR count). The van der Waals surface area contributed by atoms with Crippen molar-refractivity contribution < 1.29 is 18.9 Å². The van der Waals surface area contributed by atoms with Gasteiger partial charge in [-0.25, -0.2) is 9.97 Å². The summed E-state index contributed by atoms with van der Waals surface area (Å²) in [5, 5.41) is 1.92. The van der Waals surface area contributed by atoms with Crippen LogP contribution in [0.2, 0.25) is 0 Å². The van der Waals surface area contributed by atoms with Gasteiger partial charge in [0.1, 0.15) is 36.3 Å². The molecule has 2 aliphatic rings. The second kappa shape index (κ2) is 8.99. The third-order valence-electron chi connectivity index (χ3n) is 7.05. The van der Waals surface area contributed by atoms with E-state index in [1.165, 1.54) is 24.7 Å². The van der Waals surface area contributed by atoms with Crippen LogP contribution in [0.25, 0.3) is 21.9 Å². The van der Waals surface area contributed by atoms with E-state index < -0.39 is 12.0 Å². The van der Waals surface area contributed by atoms with E-state index in [2.05, 4.69) is 27.1 Å². The van der Waals surface area contributed by atoms with E-state index in [9.17, 15) is 0 Å². The molecule has 2 fully saturated rings. The highest BCUT2D eigenvalue weighted by Crippen LogP contribution is 2.41. The lowest BCUT2D eigenvalue weighted by molar-refractivity contribution is -0.237. The maximum Gasteiger partial charge on any atom is 0.162 e. The first-order chi connectivity index (χ1) is 17.4. The van der Waals surface area contributed by atoms with Crippen molar-refractivity contribution in [2.75, 3.05) is 19.5 Å². The first kappa shape index (κ1) is 23.1. The number of nitrogens with two attached hydrogens (primary N) is 1. The molecule has 0 radical (unpaired) electrons. The maximum atomic E-state index is 6.46. The molecule has 0 spiro atoms. The van der Waals surface area contributed by atoms with Gasteiger partial charge in [-0.1, -0.05) is 0 Å². The summed E-state index contributed by atoms with van der Waals surface area (Å²) in [6.45, 7) is 4.16. The van der Waals surface area contributed by atoms with Crippen LogP contribution in [0.3, 0.4) is 0 Å². The van der Waals surface area contributed by atoms with Crippen LogP contribution in [0.5, 0.6) is 5.75 Å². The number of benzene rings is 1. The van der Waals surface area contributed by atoms with Crippen LogP contribution in [-0.2, 0) is 14.2 Å². The van der Waals surface area contributed by atoms with Gasteiger partial charge in [0, 0.05) is 37.4 Å². The number of anilines is 1. The number of nitrogens with zero attached hydrogens (tertiary/aromatic N) is 4. The lowest BCUT2D eigenvalue weighted by atomic mass is 10.1. The van der Waals surface area contributed by atoms with Gasteiger partial charge in [0.05, 0.1) is 17.0 Å². The topological polar surface area (TPSA) is 107 Å². The highest BCUT2D eigenvalue weighted by atomic mass is 16.7. The Labute approximate surface area is 209 Å². The first-order valence-electron chi connectivity index (χ1n) is 12.4. The fourth-order valence-corrected chi connectivity index (χ4v) is 4.82. The number of fused-ring (bicyclic) bond motifs is 2. The standard InChI is InChI=1S/C27H31N5O4/c1-27(2,33-3)36-23-12-20(35-26(23)32-9-8-21-24(28)30-15-31-25(21)32)14-34-19-7-6-17-10-18(16-4-5-16)13-29-22(17)11-19/h6-11,13,15-16,20,23,26H,4-5,12,14H2,1-3H3,(H2,28,30,31)/t20-,23+,26+/m0/s1. The van der Waals surface area contributed by atoms with Crippen molar-refractivity contribution in [3.63, 3.8) is 0 Å². The normalized spacial score (nSPS) is 22.5. The number of hydrogen-bond donors (Lipinski definition) is 1. The van der Waals surface area contributed by atoms with Crippen LogP contribution >= 0.6 is 0 Å². The molecule has 2 N–H and O–H groups in total. The molecule has 0 unspecified atom stereocenters. The number of methoxy groups -OCH3 is 1. The Balaban J connectivity index is 1.20. The van der Waals surface area contributed by atoms with Crippen molar-refractivity contribution in [1.29, 1.82) is 0 Å². The van der Waals surface area contributed by atoms with Crippen molar-refractivity contribution >= 4 is 27.8 Å². The van der Waals surface area contributed by atoms with Crippen molar-refractivity contribution in [1.82, 2.24) is 19.5 Å². The highest BCUT2D eigenvalue weighted by molar-refractivity contribution is 5.86. The minimum atomic E-state index is -0.775. The van der Waals surface area contributed by atoms with Gasteiger partial charge < -0.3 is 29.2 Å². The van der Waals surface area contributed by atoms with E-state index in [4.69, 9.17) is 24.7 Å². The summed E-state index contributed by atoms with van der Waals surface area (Å²) < 4.78 is 26.4. The van der Waals surface area contributed by atoms with E-state index in [0.29, 0.717) is 30.4 Å². The zero-order chi connectivity index (χ0) is 24.9. The van der Waals surface area contributed by atoms with E-state index in [1.807, 2.05) is 49.0 Å². The summed E-state index contributed by atoms with van der Waals surface area (Å²) in [6, 6.07) is 10.2. The van der Waals surface area contributed by atoms with Crippen LogP contribution in [0.4, 0.5) is 5.82 Å². The van der Waals surface area contributed by atoms with Gasteiger partial charge in [0.2, 0.25) is 0 Å². The molecule has 9 heteroatoms. The average Bonchev–Trinajstić information content (AvgIpc) is 3.52. The van der Waals surface area contributed by atoms with Crippen molar-refractivity contribution in [3.05, 3.63) is 54.6 Å². The Bertz CT molecular complexity index is 1400. The highest BCUT2D eigenvalue weighted by Gasteiger charge is 2.41. The number of ether oxygens (including phenoxy) is 4. The molecule has 1 saturated carbocycles. The van der Waals surface area contributed by atoms with Gasteiger partial charge in [-0.3, -0.25) is 4.98 Å². The van der Waals surface area contributed by atoms with Crippen LogP contribution in [0.15, 0.2) is 49.1 Å². The van der Waals surface area contributed by atoms with Gasteiger partial charge in [-0.2, -0.15) is 0 Å². The fraction of sp³-hybridized carbons (Fsp3) is 0.444. The zero-order valence-corrected chi connectivity index (χ0v) is 20.8. The fourth-order valence-electron chi connectivity index (χ4n) is 4.82. The van der Waals surface area contributed by atoms with E-state index in [-0.39, 0.29) is 12.2 Å². The minimum Gasteiger partial charge on any atom is -0.491 e. The third-order valence-corrected chi connectivity index (χ3v) is 7.05. The van der Waals surface area contributed by atoms with Crippen molar-refractivity contribution in [3.8, 4) is 5.75 Å². The molecule has 3 atom stereocenters. The van der Waals surface area contributed by atoms with Crippen molar-refractivity contribution in [2.45, 2.75) is 63.3 Å². The summed E-state index contributed by atoms with van der Waals surface area (Å²) in [4.78, 5) is 13.2. The third kappa shape index (κ3) is 4.50. The zero-order valence-electron chi connectivity index (χ0n) is 20.8. The molecule has 0 amide bonds. The van der Waals surface area contributed by atoms with Crippen LogP contribution in [0.1, 0.15) is 50.8 Å². The number of aromatic nitrogens is 4. The maximum absolute atomic E-state index is 6.46. The molecule has 0 bridgehead atoms. The molecule has 1 saturated heterocycles. The predicted octanol–water partition coefficient (Wildman–Crippen LogP) is 4.57. The number of pyridine rings is 1. The second-order valence-corrected chi connectivity index (χ2v) is 10.1. The van der Waals surface area contributed by atoms with Gasteiger partial charge in [-0.15, -0.1) is 0 Å². The van der Waals surface area contributed by atoms with E-state index >= 15 is 0 Å². The molecule has 1 aliphatic heterocycles. The molecule has 1 aromatic carbocycles. The molecule has 9 nitrogen and oxygen atoms in total. The van der Waals surface area contributed by atoms with Crippen LogP contribution in [0, 0.1) is 0 Å². The summed E-state index contributed by atoms with van der Waals surface area (Å²) in [5.74, 6) is 1.11. The Morgan fingerprint density at radius 1 is 1.14 bits per heavy atom. The summed E-state index contributed by atoms with van der Waals surface area (Å²) >= 11 is 0. The number of hydrogen-bond acceptors (Lipinski definition) is 8. The van der Waals surface area contributed by atoms with Crippen molar-refractivity contribution in [2.24, 2.45) is 0 Å². The Morgan fingerprint density at radius 2 is 2.00 bits per heavy atom. The summed E-state index contributed by atoms with van der Waals surface area (Å²) in [7, 11) is 1.63. The molecular weight excluding hydrogens is 458 g/mol. The molecular formula is C27H31N5O4. The SMILES string of the molecule is COC(C)(C)O[C@@H]1C[C@@H](COc2ccc3cc(C4CC4)cnc3c2)O[C@H]1n1ccc2c(N)ncnc21.